The summed E-state index contributed by atoms with van der Waals surface area (Å²) < 4.78 is 0. The highest BCUT2D eigenvalue weighted by atomic mass is 15.3. The Bertz CT molecular complexity index is 1130. The summed E-state index contributed by atoms with van der Waals surface area (Å²) in [6.07, 6.45) is 3.66. The molecule has 0 fully saturated rings. The van der Waals surface area contributed by atoms with Gasteiger partial charge >= 0.3 is 15.1 Å². The topological polar surface area (TPSA) is 38.7 Å². The first-order valence-corrected chi connectivity index (χ1v) is 10.7. The molecule has 4 heterocycles. The van der Waals surface area contributed by atoms with Crippen LogP contribution in [-0.2, 0) is 0 Å². The number of anilines is 6. The Hall–Kier alpha value is -3.93. The summed E-state index contributed by atoms with van der Waals surface area (Å²) >= 11 is 0. The van der Waals surface area contributed by atoms with Crippen LogP contribution in [0.4, 0.5) is 34.4 Å². The van der Waals surface area contributed by atoms with Crippen LogP contribution in [0.3, 0.4) is 0 Å². The number of fused-ring (bicyclic) bond motifs is 2. The Kier molecular flexibility index (Phi) is 4.68. The van der Waals surface area contributed by atoms with E-state index < -0.39 is 0 Å². The van der Waals surface area contributed by atoms with Gasteiger partial charge in [-0.05, 0) is 48.5 Å². The number of aromatic nitrogens is 2. The van der Waals surface area contributed by atoms with Gasteiger partial charge in [0.15, 0.2) is 0 Å². The third-order valence-electron chi connectivity index (χ3n) is 5.79. The quantitative estimate of drug-likeness (QED) is 0.457. The fourth-order valence-electron chi connectivity index (χ4n) is 4.28. The summed E-state index contributed by atoms with van der Waals surface area (Å²) in [6, 6.07) is 28.9. The Morgan fingerprint density at radius 2 is 0.906 bits per heavy atom. The van der Waals surface area contributed by atoms with Crippen LogP contribution in [0.25, 0.3) is 0 Å². The Morgan fingerprint density at radius 3 is 1.31 bits per heavy atom. The Labute approximate surface area is 189 Å². The van der Waals surface area contributed by atoms with E-state index in [0.717, 1.165) is 36.1 Å². The van der Waals surface area contributed by atoms with Crippen LogP contribution in [0, 0.1) is 0 Å². The van der Waals surface area contributed by atoms with Crippen LogP contribution in [0.5, 0.6) is 0 Å². The van der Waals surface area contributed by atoms with Crippen molar-refractivity contribution in [1.82, 2.24) is 9.97 Å². The minimum Gasteiger partial charge on any atom is -0.395 e. The minimum absolute atomic E-state index is 0.835. The second-order valence-corrected chi connectivity index (χ2v) is 7.71. The Morgan fingerprint density at radius 1 is 0.500 bits per heavy atom. The molecule has 2 aromatic heterocycles. The fourth-order valence-corrected chi connectivity index (χ4v) is 4.28. The smallest absolute Gasteiger partial charge is 0.395 e. The lowest BCUT2D eigenvalue weighted by Gasteiger charge is -2.24. The summed E-state index contributed by atoms with van der Waals surface area (Å²) in [6.45, 7) is 1.67. The van der Waals surface area contributed by atoms with Crippen LogP contribution in [0.15, 0.2) is 97.3 Å². The van der Waals surface area contributed by atoms with Crippen molar-refractivity contribution in [3.05, 3.63) is 97.3 Å². The predicted molar refractivity (Wildman–Crippen MR) is 132 cm³/mol. The lowest BCUT2D eigenvalue weighted by molar-refractivity contribution is 0.955. The maximum atomic E-state index is 4.54. The second-order valence-electron chi connectivity index (χ2n) is 7.71. The first kappa shape index (κ1) is 18.8. The van der Waals surface area contributed by atoms with Crippen LogP contribution in [-0.4, -0.2) is 38.2 Å². The largest absolute Gasteiger partial charge is 0.397 e. The highest BCUT2D eigenvalue weighted by Gasteiger charge is 2.33. The number of rotatable bonds is 5. The van der Waals surface area contributed by atoms with Gasteiger partial charge in [-0.1, -0.05) is 36.4 Å². The molecule has 8 heteroatoms. The molecule has 0 bridgehead atoms. The van der Waals surface area contributed by atoms with Gasteiger partial charge in [-0.2, -0.15) is 0 Å². The van der Waals surface area contributed by atoms with Crippen molar-refractivity contribution in [2.75, 3.05) is 32.3 Å². The van der Waals surface area contributed by atoms with E-state index in [9.17, 15) is 0 Å². The maximum absolute atomic E-state index is 4.54. The molecule has 2 aliphatic rings. The van der Waals surface area contributed by atoms with Gasteiger partial charge in [0.1, 0.15) is 11.6 Å². The second kappa shape index (κ2) is 7.96. The number of hydrogen-bond acceptors (Lipinski definition) is 6. The van der Waals surface area contributed by atoms with Gasteiger partial charge < -0.3 is 19.2 Å². The van der Waals surface area contributed by atoms with Crippen molar-refractivity contribution in [2.24, 2.45) is 0 Å². The molecule has 32 heavy (non-hydrogen) atoms. The molecule has 0 amide bonds. The lowest BCUT2D eigenvalue weighted by atomic mass is 10.1. The van der Waals surface area contributed by atoms with Crippen LogP contribution in [0.2, 0.25) is 0 Å². The molecule has 4 aromatic rings. The molecule has 2 aromatic carbocycles. The van der Waals surface area contributed by atoms with Gasteiger partial charge in [0.05, 0.1) is 11.4 Å². The van der Waals surface area contributed by atoms with Gasteiger partial charge in [-0.15, -0.1) is 0 Å². The van der Waals surface area contributed by atoms with Crippen molar-refractivity contribution < 1.29 is 0 Å². The molecule has 0 N–H and O–H groups in total. The summed E-state index contributed by atoms with van der Waals surface area (Å²) in [7, 11) is 4.29. The lowest BCUT2D eigenvalue weighted by Crippen LogP contribution is -2.41. The molecular weight excluding hydrogens is 394 g/mol. The molecule has 0 unspecified atom stereocenters. The van der Waals surface area contributed by atoms with Gasteiger partial charge in [-0.25, -0.2) is 9.97 Å². The van der Waals surface area contributed by atoms with Gasteiger partial charge in [0.2, 0.25) is 0 Å². The monoisotopic (exact) mass is 414 g/mol. The third-order valence-corrected chi connectivity index (χ3v) is 5.79. The van der Waals surface area contributed by atoms with Gasteiger partial charge in [-0.3, -0.25) is 0 Å². The van der Waals surface area contributed by atoms with E-state index in [0.29, 0.717) is 0 Å². The number of hydrogen-bond donors (Lipinski definition) is 0. The molecule has 2 aliphatic heterocycles. The molecule has 2 radical (unpaired) electrons. The standard InChI is InChI=1S/C24H20B2N6/c1-3-11-21-19(9-1)29(25-31(21)23-13-5-7-15-27-23)17-18-30-20-10-2-4-12-22(20)32(26-30)24-14-6-8-16-28-24/h1-16H,17-18H2. The SMILES string of the molecule is [B]1N(CCN2[B]N(c3ccccn3)c3ccccc32)c2ccccc2N1c1ccccn1. The molecule has 0 spiro atoms. The van der Waals surface area contributed by atoms with Gasteiger partial charge in [0, 0.05) is 36.9 Å². The molecule has 0 saturated carbocycles. The van der Waals surface area contributed by atoms with Crippen LogP contribution < -0.4 is 19.2 Å². The number of benzene rings is 2. The van der Waals surface area contributed by atoms with E-state index in [4.69, 9.17) is 0 Å². The molecule has 0 atom stereocenters. The average Bonchev–Trinajstić information content (AvgIpc) is 3.43. The molecule has 152 valence electrons. The normalized spacial score (nSPS) is 14.1. The summed E-state index contributed by atoms with van der Waals surface area (Å²) in [5, 5.41) is 0. The van der Waals surface area contributed by atoms with Crippen molar-refractivity contribution in [1.29, 1.82) is 0 Å². The predicted octanol–water partition coefficient (Wildman–Crippen LogP) is 4.16. The summed E-state index contributed by atoms with van der Waals surface area (Å²) in [5.41, 5.74) is 4.67. The molecule has 0 aliphatic carbocycles. The first-order chi connectivity index (χ1) is 15.9. The van der Waals surface area contributed by atoms with E-state index in [1.807, 2.05) is 48.8 Å². The van der Waals surface area contributed by atoms with Crippen molar-refractivity contribution in [3.63, 3.8) is 0 Å². The number of nitrogens with zero attached hydrogens (tertiary/aromatic N) is 6. The van der Waals surface area contributed by atoms with E-state index in [1.54, 1.807) is 0 Å². The van der Waals surface area contributed by atoms with Gasteiger partial charge in [0.25, 0.3) is 0 Å². The zero-order valence-corrected chi connectivity index (χ0v) is 17.5. The third kappa shape index (κ3) is 3.24. The Balaban J connectivity index is 1.23. The molecular formula is C24H20B2N6. The van der Waals surface area contributed by atoms with Crippen LogP contribution in [0.1, 0.15) is 0 Å². The zero-order chi connectivity index (χ0) is 21.3. The fraction of sp³-hybridized carbons (Fsp3) is 0.0833. The number of pyridine rings is 2. The molecule has 6 rings (SSSR count). The summed E-state index contributed by atoms with van der Waals surface area (Å²) in [4.78, 5) is 18.0. The summed E-state index contributed by atoms with van der Waals surface area (Å²) in [5.74, 6) is 1.84. The molecule has 6 nitrogen and oxygen atoms in total. The highest BCUT2D eigenvalue weighted by Crippen LogP contribution is 2.40. The van der Waals surface area contributed by atoms with E-state index in [1.165, 1.54) is 11.4 Å². The van der Waals surface area contributed by atoms with Crippen molar-refractivity contribution in [3.8, 4) is 0 Å². The van der Waals surface area contributed by atoms with E-state index in [2.05, 4.69) is 92.8 Å². The average molecular weight is 414 g/mol. The minimum atomic E-state index is 0.835. The van der Waals surface area contributed by atoms with Crippen molar-refractivity contribution >= 4 is 49.5 Å². The van der Waals surface area contributed by atoms with Crippen molar-refractivity contribution in [2.45, 2.75) is 0 Å². The number of para-hydroxylation sites is 4. The van der Waals surface area contributed by atoms with E-state index >= 15 is 0 Å². The molecule has 0 saturated heterocycles. The maximum Gasteiger partial charge on any atom is 0.397 e. The van der Waals surface area contributed by atoms with Crippen LogP contribution >= 0.6 is 0 Å². The highest BCUT2D eigenvalue weighted by molar-refractivity contribution is 6.54. The van der Waals surface area contributed by atoms with E-state index in [-0.39, 0.29) is 0 Å². The zero-order valence-electron chi connectivity index (χ0n) is 17.5. The first-order valence-electron chi connectivity index (χ1n) is 10.7.